The van der Waals surface area contributed by atoms with Crippen molar-refractivity contribution in [3.63, 3.8) is 0 Å². The molecule has 0 aliphatic rings. The second-order valence-electron chi connectivity index (χ2n) is 6.09. The average molecular weight is 379 g/mol. The van der Waals surface area contributed by atoms with Crippen LogP contribution < -0.4 is 10.9 Å². The van der Waals surface area contributed by atoms with Crippen molar-refractivity contribution in [2.75, 3.05) is 11.6 Å². The minimum absolute atomic E-state index is 0.0616. The number of carbonyl (C=O) groups is 1. The van der Waals surface area contributed by atoms with Crippen LogP contribution in [0.1, 0.15) is 29.8 Å². The highest BCUT2D eigenvalue weighted by atomic mass is 32.2. The van der Waals surface area contributed by atoms with Crippen molar-refractivity contribution in [1.82, 2.24) is 10.2 Å². The number of hydrogen-bond acceptors (Lipinski definition) is 5. The third-order valence-corrected chi connectivity index (χ3v) is 5.19. The van der Waals surface area contributed by atoms with Crippen LogP contribution in [0.4, 0.5) is 11.4 Å². The Labute approximate surface area is 162 Å². The van der Waals surface area contributed by atoms with Crippen molar-refractivity contribution in [3.8, 4) is 11.1 Å². The van der Waals surface area contributed by atoms with E-state index in [1.807, 2.05) is 43.5 Å². The van der Waals surface area contributed by atoms with Crippen molar-refractivity contribution in [3.05, 3.63) is 70.1 Å². The molecule has 0 bridgehead atoms. The molecule has 0 amide bonds. The van der Waals surface area contributed by atoms with E-state index in [1.165, 1.54) is 6.92 Å². The number of para-hydroxylation sites is 1. The van der Waals surface area contributed by atoms with Gasteiger partial charge in [-0.3, -0.25) is 9.59 Å². The van der Waals surface area contributed by atoms with Crippen LogP contribution in [0.2, 0.25) is 0 Å². The second-order valence-corrected chi connectivity index (χ2v) is 6.94. The summed E-state index contributed by atoms with van der Waals surface area (Å²) in [6, 6.07) is 13.4. The Morgan fingerprint density at radius 3 is 2.59 bits per heavy atom. The molecular formula is C21H21N3O2S. The molecular weight excluding hydrogens is 358 g/mol. The Hall–Kier alpha value is -2.86. The van der Waals surface area contributed by atoms with E-state index >= 15 is 0 Å². The highest BCUT2D eigenvalue weighted by Crippen LogP contribution is 2.33. The number of Topliss-reactive ketones (excluding diaryl/α,β-unsaturated/α-hetero) is 1. The first-order valence-corrected chi connectivity index (χ1v) is 9.89. The molecule has 0 aliphatic heterocycles. The van der Waals surface area contributed by atoms with Crippen LogP contribution in [-0.4, -0.2) is 22.2 Å². The number of nitrogens with zero attached hydrogens (tertiary/aromatic N) is 1. The number of H-pyrrole nitrogens is 1. The summed E-state index contributed by atoms with van der Waals surface area (Å²) in [7, 11) is 0. The lowest BCUT2D eigenvalue weighted by Crippen LogP contribution is -2.12. The van der Waals surface area contributed by atoms with Crippen molar-refractivity contribution >= 4 is 28.9 Å². The van der Waals surface area contributed by atoms with E-state index < -0.39 is 0 Å². The molecule has 3 aromatic rings. The lowest BCUT2D eigenvalue weighted by atomic mass is 9.94. The van der Waals surface area contributed by atoms with Gasteiger partial charge < -0.3 is 5.32 Å². The highest BCUT2D eigenvalue weighted by molar-refractivity contribution is 7.98. The van der Waals surface area contributed by atoms with Crippen LogP contribution in [0, 0.1) is 0 Å². The first-order chi connectivity index (χ1) is 13.0. The van der Waals surface area contributed by atoms with E-state index in [4.69, 9.17) is 0 Å². The molecule has 6 heteroatoms. The van der Waals surface area contributed by atoms with Crippen LogP contribution in [0.25, 0.3) is 11.1 Å². The van der Waals surface area contributed by atoms with Crippen molar-refractivity contribution in [1.29, 1.82) is 0 Å². The van der Waals surface area contributed by atoms with Gasteiger partial charge in [0, 0.05) is 22.3 Å². The molecule has 0 aliphatic carbocycles. The van der Waals surface area contributed by atoms with Crippen LogP contribution in [-0.2, 0) is 6.42 Å². The molecule has 0 atom stereocenters. The summed E-state index contributed by atoms with van der Waals surface area (Å²) in [6.45, 7) is 3.56. The number of aryl methyl sites for hydroxylation is 1. The van der Waals surface area contributed by atoms with E-state index in [-0.39, 0.29) is 11.3 Å². The normalized spacial score (nSPS) is 10.6. The standard InChI is InChI=1S/C21H21N3O2S/c1-4-14-11-19(23-18-7-5-6-8-20(18)27-3)16(13(2)25)12-17(14)15-9-10-22-24-21(15)26/h5-12,23H,4H2,1-3H3,(H,24,26). The second kappa shape index (κ2) is 8.22. The molecule has 0 fully saturated rings. The van der Waals surface area contributed by atoms with E-state index in [2.05, 4.69) is 15.5 Å². The fraction of sp³-hybridized carbons (Fsp3) is 0.190. The number of ketones is 1. The molecule has 27 heavy (non-hydrogen) atoms. The molecule has 2 N–H and O–H groups in total. The fourth-order valence-electron chi connectivity index (χ4n) is 3.03. The summed E-state index contributed by atoms with van der Waals surface area (Å²) < 4.78 is 0. The number of aromatic nitrogens is 2. The van der Waals surface area contributed by atoms with Gasteiger partial charge in [-0.15, -0.1) is 11.8 Å². The molecule has 0 saturated carbocycles. The van der Waals surface area contributed by atoms with Gasteiger partial charge in [0.15, 0.2) is 5.78 Å². The number of thioether (sulfide) groups is 1. The van der Waals surface area contributed by atoms with Gasteiger partial charge in [-0.2, -0.15) is 5.10 Å². The topological polar surface area (TPSA) is 74.8 Å². The Kier molecular flexibility index (Phi) is 5.76. The Bertz CT molecular complexity index is 1040. The summed E-state index contributed by atoms with van der Waals surface area (Å²) in [4.78, 5) is 25.6. The third kappa shape index (κ3) is 3.95. The zero-order chi connectivity index (χ0) is 19.4. The number of rotatable bonds is 6. The van der Waals surface area contributed by atoms with Crippen molar-refractivity contribution in [2.45, 2.75) is 25.2 Å². The quantitative estimate of drug-likeness (QED) is 0.481. The molecule has 0 unspecified atom stereocenters. The number of carbonyl (C=O) groups excluding carboxylic acids is 1. The molecule has 1 aromatic heterocycles. The van der Waals surface area contributed by atoms with Crippen LogP contribution in [0.3, 0.4) is 0 Å². The van der Waals surface area contributed by atoms with Crippen molar-refractivity contribution in [2.24, 2.45) is 0 Å². The molecule has 5 nitrogen and oxygen atoms in total. The zero-order valence-electron chi connectivity index (χ0n) is 15.5. The maximum atomic E-state index is 12.3. The molecule has 3 rings (SSSR count). The Balaban J connectivity index is 2.17. The molecule has 2 aromatic carbocycles. The third-order valence-electron chi connectivity index (χ3n) is 4.40. The van der Waals surface area contributed by atoms with Gasteiger partial charge in [0.05, 0.1) is 11.3 Å². The lowest BCUT2D eigenvalue weighted by Gasteiger charge is -2.17. The van der Waals surface area contributed by atoms with E-state index in [9.17, 15) is 9.59 Å². The first-order valence-electron chi connectivity index (χ1n) is 8.67. The van der Waals surface area contributed by atoms with Gasteiger partial charge in [0.2, 0.25) is 0 Å². The number of nitrogens with one attached hydrogen (secondary N) is 2. The first kappa shape index (κ1) is 18.9. The van der Waals surface area contributed by atoms with Crippen molar-refractivity contribution < 1.29 is 4.79 Å². The summed E-state index contributed by atoms with van der Waals surface area (Å²) in [6.07, 6.45) is 4.29. The SMILES string of the molecule is CCc1cc(Nc2ccccc2SC)c(C(C)=O)cc1-c1ccn[nH]c1=O. The van der Waals surface area contributed by atoms with Gasteiger partial charge in [-0.1, -0.05) is 19.1 Å². The summed E-state index contributed by atoms with van der Waals surface area (Å²) in [5, 5.41) is 9.62. The van der Waals surface area contributed by atoms with E-state index in [0.717, 1.165) is 33.8 Å². The largest absolute Gasteiger partial charge is 0.354 e. The minimum atomic E-state index is -0.268. The van der Waals surface area contributed by atoms with Crippen LogP contribution in [0.5, 0.6) is 0 Å². The molecule has 0 saturated heterocycles. The van der Waals surface area contributed by atoms with Crippen LogP contribution >= 0.6 is 11.8 Å². The zero-order valence-corrected chi connectivity index (χ0v) is 16.3. The maximum absolute atomic E-state index is 12.3. The van der Waals surface area contributed by atoms with Gasteiger partial charge in [0.25, 0.3) is 5.56 Å². The molecule has 0 radical (unpaired) electrons. The lowest BCUT2D eigenvalue weighted by molar-refractivity contribution is 0.101. The van der Waals surface area contributed by atoms with E-state index in [1.54, 1.807) is 30.1 Å². The number of hydrogen-bond donors (Lipinski definition) is 2. The fourth-order valence-corrected chi connectivity index (χ4v) is 3.58. The highest BCUT2D eigenvalue weighted by Gasteiger charge is 2.16. The van der Waals surface area contributed by atoms with Crippen LogP contribution in [0.15, 0.2) is 58.4 Å². The number of aromatic amines is 1. The van der Waals surface area contributed by atoms with Gasteiger partial charge in [0.1, 0.15) is 0 Å². The Morgan fingerprint density at radius 1 is 1.15 bits per heavy atom. The monoisotopic (exact) mass is 379 g/mol. The minimum Gasteiger partial charge on any atom is -0.354 e. The number of anilines is 2. The van der Waals surface area contributed by atoms with Gasteiger partial charge in [-0.05, 0) is 61.1 Å². The summed E-state index contributed by atoms with van der Waals surface area (Å²) in [5.41, 5.74) is 4.24. The number of benzene rings is 2. The summed E-state index contributed by atoms with van der Waals surface area (Å²) >= 11 is 1.64. The van der Waals surface area contributed by atoms with Gasteiger partial charge in [-0.25, -0.2) is 5.10 Å². The molecule has 0 spiro atoms. The maximum Gasteiger partial charge on any atom is 0.272 e. The predicted octanol–water partition coefficient (Wildman–Crippen LogP) is 4.67. The van der Waals surface area contributed by atoms with Gasteiger partial charge >= 0.3 is 0 Å². The molecule has 1 heterocycles. The average Bonchev–Trinajstić information content (AvgIpc) is 2.68. The summed E-state index contributed by atoms with van der Waals surface area (Å²) in [5.74, 6) is -0.0616. The Morgan fingerprint density at radius 2 is 1.93 bits per heavy atom. The van der Waals surface area contributed by atoms with E-state index in [0.29, 0.717) is 11.1 Å². The molecule has 138 valence electrons. The predicted molar refractivity (Wildman–Crippen MR) is 111 cm³/mol. The smallest absolute Gasteiger partial charge is 0.272 e.